The van der Waals surface area contributed by atoms with Crippen molar-refractivity contribution in [1.82, 2.24) is 0 Å². The highest BCUT2D eigenvalue weighted by Gasteiger charge is 2.18. The van der Waals surface area contributed by atoms with E-state index in [-0.39, 0.29) is 10.6 Å². The summed E-state index contributed by atoms with van der Waals surface area (Å²) in [4.78, 5) is 12.7. The molecule has 5 aromatic carbocycles. The quantitative estimate of drug-likeness (QED) is 0.174. The fourth-order valence-corrected chi connectivity index (χ4v) is 4.33. The maximum absolute atomic E-state index is 12.7. The van der Waals surface area contributed by atoms with Gasteiger partial charge in [0.2, 0.25) is 0 Å². The van der Waals surface area contributed by atoms with Gasteiger partial charge in [0.15, 0.2) is 0 Å². The number of halogens is 2. The first-order valence-corrected chi connectivity index (χ1v) is 9.63. The molecule has 0 N–H and O–H groups in total. The molecular formula is C24H14Cl2O2. The molecule has 0 aliphatic heterocycles. The molecular weight excluding hydrogens is 391 g/mol. The molecule has 0 atom stereocenters. The molecule has 0 heterocycles. The number of benzene rings is 5. The van der Waals surface area contributed by atoms with E-state index in [1.165, 1.54) is 27.6 Å². The topological polar surface area (TPSA) is 26.3 Å². The summed E-state index contributed by atoms with van der Waals surface area (Å²) in [5.41, 5.74) is 1.21. The van der Waals surface area contributed by atoms with Crippen LogP contribution >= 0.6 is 23.2 Å². The van der Waals surface area contributed by atoms with Crippen molar-refractivity contribution in [3.63, 3.8) is 0 Å². The second kappa shape index (κ2) is 6.37. The van der Waals surface area contributed by atoms with Crippen LogP contribution in [-0.4, -0.2) is 5.97 Å². The second-order valence-electron chi connectivity index (χ2n) is 6.87. The molecule has 0 saturated carbocycles. The van der Waals surface area contributed by atoms with Crippen molar-refractivity contribution in [3.8, 4) is 5.75 Å². The van der Waals surface area contributed by atoms with Crippen LogP contribution in [0.5, 0.6) is 5.75 Å². The molecule has 0 saturated heterocycles. The third-order valence-electron chi connectivity index (χ3n) is 5.22. The van der Waals surface area contributed by atoms with Crippen LogP contribution in [0.15, 0.2) is 66.7 Å². The van der Waals surface area contributed by atoms with Crippen LogP contribution in [0.2, 0.25) is 10.0 Å². The number of carbonyl (C=O) groups excluding carboxylic acids is 1. The Morgan fingerprint density at radius 3 is 2.29 bits per heavy atom. The molecule has 5 rings (SSSR count). The number of ether oxygens (including phenoxy) is 1. The van der Waals surface area contributed by atoms with Gasteiger partial charge in [-0.25, -0.2) is 4.79 Å². The monoisotopic (exact) mass is 404 g/mol. The van der Waals surface area contributed by atoms with Crippen molar-refractivity contribution in [2.24, 2.45) is 0 Å². The lowest BCUT2D eigenvalue weighted by Crippen LogP contribution is -2.10. The lowest BCUT2D eigenvalue weighted by atomic mass is 9.92. The van der Waals surface area contributed by atoms with Crippen LogP contribution < -0.4 is 4.74 Å². The molecule has 0 unspecified atom stereocenters. The molecule has 0 aliphatic rings. The summed E-state index contributed by atoms with van der Waals surface area (Å²) < 4.78 is 5.73. The van der Waals surface area contributed by atoms with Gasteiger partial charge in [0.1, 0.15) is 5.75 Å². The van der Waals surface area contributed by atoms with Crippen LogP contribution in [0.1, 0.15) is 15.9 Å². The number of aryl methyl sites for hydroxylation is 1. The SMILES string of the molecule is Cc1c(OC(=O)c2ccc(Cl)cc2Cl)cc2ccc3cccc4ccc1c2c34. The van der Waals surface area contributed by atoms with E-state index in [9.17, 15) is 4.79 Å². The summed E-state index contributed by atoms with van der Waals surface area (Å²) in [5, 5.41) is 7.69. The normalized spacial score (nSPS) is 11.5. The van der Waals surface area contributed by atoms with Gasteiger partial charge in [0.05, 0.1) is 10.6 Å². The molecule has 136 valence electrons. The van der Waals surface area contributed by atoms with Gasteiger partial charge < -0.3 is 4.74 Å². The van der Waals surface area contributed by atoms with Gasteiger partial charge >= 0.3 is 5.97 Å². The minimum absolute atomic E-state index is 0.271. The van der Waals surface area contributed by atoms with Gasteiger partial charge in [0.25, 0.3) is 0 Å². The zero-order valence-corrected chi connectivity index (χ0v) is 16.4. The Bertz CT molecular complexity index is 1370. The lowest BCUT2D eigenvalue weighted by molar-refractivity contribution is 0.0734. The van der Waals surface area contributed by atoms with Gasteiger partial charge in [-0.05, 0) is 69.1 Å². The Morgan fingerprint density at radius 2 is 1.54 bits per heavy atom. The van der Waals surface area contributed by atoms with E-state index in [0.29, 0.717) is 10.8 Å². The Kier molecular flexibility index (Phi) is 3.94. The molecule has 0 aliphatic carbocycles. The Labute approximate surface area is 171 Å². The van der Waals surface area contributed by atoms with Crippen LogP contribution in [0.4, 0.5) is 0 Å². The van der Waals surface area contributed by atoms with E-state index < -0.39 is 5.97 Å². The highest BCUT2D eigenvalue weighted by molar-refractivity contribution is 6.36. The summed E-state index contributed by atoms with van der Waals surface area (Å²) in [7, 11) is 0. The summed E-state index contributed by atoms with van der Waals surface area (Å²) in [6, 6.07) is 21.3. The van der Waals surface area contributed by atoms with Crippen LogP contribution in [0.25, 0.3) is 32.3 Å². The van der Waals surface area contributed by atoms with Gasteiger partial charge in [-0.1, -0.05) is 65.7 Å². The number of rotatable bonds is 2. The average Bonchev–Trinajstić information content (AvgIpc) is 2.68. The molecule has 0 bridgehead atoms. The fraction of sp³-hybridized carbons (Fsp3) is 0.0417. The van der Waals surface area contributed by atoms with Gasteiger partial charge in [-0.3, -0.25) is 0 Å². The van der Waals surface area contributed by atoms with Crippen LogP contribution in [0.3, 0.4) is 0 Å². The van der Waals surface area contributed by atoms with E-state index in [0.717, 1.165) is 16.3 Å². The number of carbonyl (C=O) groups is 1. The fourth-order valence-electron chi connectivity index (χ4n) is 3.84. The smallest absolute Gasteiger partial charge is 0.345 e. The van der Waals surface area contributed by atoms with Crippen molar-refractivity contribution in [1.29, 1.82) is 0 Å². The van der Waals surface area contributed by atoms with Gasteiger partial charge in [-0.15, -0.1) is 0 Å². The van der Waals surface area contributed by atoms with Gasteiger partial charge in [-0.2, -0.15) is 0 Å². The zero-order chi connectivity index (χ0) is 19.4. The van der Waals surface area contributed by atoms with E-state index in [1.807, 2.05) is 13.0 Å². The molecule has 0 amide bonds. The highest BCUT2D eigenvalue weighted by atomic mass is 35.5. The number of hydrogen-bond donors (Lipinski definition) is 0. The molecule has 0 radical (unpaired) electrons. The minimum atomic E-state index is -0.502. The third-order valence-corrected chi connectivity index (χ3v) is 5.77. The first-order valence-electron chi connectivity index (χ1n) is 8.87. The molecule has 0 fully saturated rings. The Hall–Kier alpha value is -2.81. The predicted octanol–water partition coefficient (Wildman–Crippen LogP) is 7.42. The second-order valence-corrected chi connectivity index (χ2v) is 7.71. The van der Waals surface area contributed by atoms with E-state index in [1.54, 1.807) is 12.1 Å². The lowest BCUT2D eigenvalue weighted by Gasteiger charge is -2.16. The van der Waals surface area contributed by atoms with Crippen molar-refractivity contribution in [2.45, 2.75) is 6.92 Å². The first-order chi connectivity index (χ1) is 13.5. The number of hydrogen-bond acceptors (Lipinski definition) is 2. The predicted molar refractivity (Wildman–Crippen MR) is 116 cm³/mol. The van der Waals surface area contributed by atoms with Crippen LogP contribution in [0, 0.1) is 6.92 Å². The van der Waals surface area contributed by atoms with Crippen molar-refractivity contribution in [2.75, 3.05) is 0 Å². The van der Waals surface area contributed by atoms with Crippen LogP contribution in [-0.2, 0) is 0 Å². The summed E-state index contributed by atoms with van der Waals surface area (Å²) in [6.07, 6.45) is 0. The van der Waals surface area contributed by atoms with Crippen molar-refractivity contribution in [3.05, 3.63) is 87.9 Å². The maximum Gasteiger partial charge on any atom is 0.345 e. The first kappa shape index (κ1) is 17.3. The van der Waals surface area contributed by atoms with E-state index >= 15 is 0 Å². The molecule has 4 heteroatoms. The summed E-state index contributed by atoms with van der Waals surface area (Å²) in [5.74, 6) is 0.0273. The van der Waals surface area contributed by atoms with E-state index in [2.05, 4.69) is 42.5 Å². The standard InChI is InChI=1S/C24H14Cl2O2/c1-13-18-9-7-15-4-2-3-14-5-6-16(23(18)22(14)15)11-21(13)28-24(27)19-10-8-17(25)12-20(19)26/h2-12H,1H3. The highest BCUT2D eigenvalue weighted by Crippen LogP contribution is 2.39. The van der Waals surface area contributed by atoms with Gasteiger partial charge in [0, 0.05) is 5.02 Å². The molecule has 0 aromatic heterocycles. The third kappa shape index (κ3) is 2.61. The molecule has 28 heavy (non-hydrogen) atoms. The van der Waals surface area contributed by atoms with E-state index in [4.69, 9.17) is 27.9 Å². The zero-order valence-electron chi connectivity index (χ0n) is 14.9. The minimum Gasteiger partial charge on any atom is -0.423 e. The maximum atomic E-state index is 12.7. The molecule has 0 spiro atoms. The van der Waals surface area contributed by atoms with Crippen molar-refractivity contribution >= 4 is 61.5 Å². The Morgan fingerprint density at radius 1 is 0.821 bits per heavy atom. The molecule has 5 aromatic rings. The molecule has 2 nitrogen and oxygen atoms in total. The largest absolute Gasteiger partial charge is 0.423 e. The average molecular weight is 405 g/mol. The number of esters is 1. The summed E-state index contributed by atoms with van der Waals surface area (Å²) in [6.45, 7) is 1.97. The van der Waals surface area contributed by atoms with Crippen molar-refractivity contribution < 1.29 is 9.53 Å². The summed E-state index contributed by atoms with van der Waals surface area (Å²) >= 11 is 12.1. The Balaban J connectivity index is 1.68.